The highest BCUT2D eigenvalue weighted by molar-refractivity contribution is 8.00. The van der Waals surface area contributed by atoms with E-state index in [1.807, 2.05) is 12.1 Å². The standard InChI is InChI=1S/C18H16N2O4S2/c21-11-2-4-12(5-3-11)25-10-17(22)20-18-19-13-8-14-15(9-16(13)26-18)24-7-1-6-23-14/h2-5,8-9,21H,1,6-7,10H2,(H,19,20,22). The molecule has 0 fully saturated rings. The van der Waals surface area contributed by atoms with E-state index < -0.39 is 0 Å². The van der Waals surface area contributed by atoms with Crippen LogP contribution < -0.4 is 14.8 Å². The largest absolute Gasteiger partial charge is 0.508 e. The maximum absolute atomic E-state index is 12.2. The fraction of sp³-hybridized carbons (Fsp3) is 0.222. The Labute approximate surface area is 158 Å². The Balaban J connectivity index is 1.43. The average molecular weight is 388 g/mol. The van der Waals surface area contributed by atoms with Crippen LogP contribution in [0.1, 0.15) is 6.42 Å². The number of phenolic OH excluding ortho intramolecular Hbond substituents is 1. The van der Waals surface area contributed by atoms with Crippen molar-refractivity contribution in [3.05, 3.63) is 36.4 Å². The smallest absolute Gasteiger partial charge is 0.236 e. The van der Waals surface area contributed by atoms with Crippen LogP contribution in [0.15, 0.2) is 41.3 Å². The lowest BCUT2D eigenvalue weighted by Crippen LogP contribution is -2.13. The number of thioether (sulfide) groups is 1. The second-order valence-corrected chi connectivity index (χ2v) is 7.75. The molecule has 2 heterocycles. The second kappa shape index (κ2) is 7.43. The zero-order valence-electron chi connectivity index (χ0n) is 13.7. The molecule has 4 rings (SSSR count). The van der Waals surface area contributed by atoms with Crippen molar-refractivity contribution in [2.45, 2.75) is 11.3 Å². The number of ether oxygens (including phenoxy) is 2. The third kappa shape index (κ3) is 3.86. The molecule has 0 bridgehead atoms. The third-order valence-corrected chi connectivity index (χ3v) is 5.66. The Morgan fingerprint density at radius 1 is 1.19 bits per heavy atom. The lowest BCUT2D eigenvalue weighted by molar-refractivity contribution is -0.113. The summed E-state index contributed by atoms with van der Waals surface area (Å²) in [5, 5.41) is 12.7. The number of carbonyl (C=O) groups excluding carboxylic acids is 1. The molecule has 0 saturated heterocycles. The zero-order chi connectivity index (χ0) is 17.9. The average Bonchev–Trinajstić information content (AvgIpc) is 2.86. The molecule has 0 spiro atoms. The zero-order valence-corrected chi connectivity index (χ0v) is 15.4. The van der Waals surface area contributed by atoms with Crippen molar-refractivity contribution in [2.75, 3.05) is 24.3 Å². The van der Waals surface area contributed by atoms with Gasteiger partial charge in [0.1, 0.15) is 5.75 Å². The summed E-state index contributed by atoms with van der Waals surface area (Å²) in [5.41, 5.74) is 0.778. The summed E-state index contributed by atoms with van der Waals surface area (Å²) in [6, 6.07) is 10.5. The molecule has 1 aromatic heterocycles. The van der Waals surface area contributed by atoms with Gasteiger partial charge in [-0.2, -0.15) is 0 Å². The summed E-state index contributed by atoms with van der Waals surface area (Å²) < 4.78 is 12.3. The second-order valence-electron chi connectivity index (χ2n) is 5.67. The van der Waals surface area contributed by atoms with Gasteiger partial charge in [-0.3, -0.25) is 4.79 Å². The van der Waals surface area contributed by atoms with Crippen molar-refractivity contribution < 1.29 is 19.4 Å². The first kappa shape index (κ1) is 17.0. The summed E-state index contributed by atoms with van der Waals surface area (Å²) in [5.74, 6) is 1.76. The monoisotopic (exact) mass is 388 g/mol. The Kier molecular flexibility index (Phi) is 4.85. The predicted octanol–water partition coefficient (Wildman–Crippen LogP) is 3.89. The molecule has 2 aromatic carbocycles. The SMILES string of the molecule is O=C(CSc1ccc(O)cc1)Nc1nc2cc3c(cc2s1)OCCCO3. The van der Waals surface area contributed by atoms with Crippen LogP contribution in [0.25, 0.3) is 10.2 Å². The highest BCUT2D eigenvalue weighted by Crippen LogP contribution is 2.37. The fourth-order valence-electron chi connectivity index (χ4n) is 2.48. The number of aromatic nitrogens is 1. The lowest BCUT2D eigenvalue weighted by Gasteiger charge is -2.05. The molecule has 0 radical (unpaired) electrons. The van der Waals surface area contributed by atoms with E-state index in [4.69, 9.17) is 9.47 Å². The summed E-state index contributed by atoms with van der Waals surface area (Å²) >= 11 is 2.81. The maximum Gasteiger partial charge on any atom is 0.236 e. The van der Waals surface area contributed by atoms with Crippen LogP contribution in [0.2, 0.25) is 0 Å². The number of phenols is 1. The molecule has 3 aromatic rings. The number of hydrogen-bond donors (Lipinski definition) is 2. The van der Waals surface area contributed by atoms with Gasteiger partial charge in [-0.1, -0.05) is 11.3 Å². The van der Waals surface area contributed by atoms with Crippen LogP contribution in [0, 0.1) is 0 Å². The Morgan fingerprint density at radius 2 is 1.92 bits per heavy atom. The van der Waals surface area contributed by atoms with E-state index in [-0.39, 0.29) is 17.4 Å². The minimum atomic E-state index is -0.129. The molecule has 0 saturated carbocycles. The highest BCUT2D eigenvalue weighted by Gasteiger charge is 2.15. The van der Waals surface area contributed by atoms with Crippen molar-refractivity contribution in [1.29, 1.82) is 0 Å². The third-order valence-electron chi connectivity index (χ3n) is 3.71. The van der Waals surface area contributed by atoms with Crippen LogP contribution in [0.4, 0.5) is 5.13 Å². The van der Waals surface area contributed by atoms with E-state index >= 15 is 0 Å². The van der Waals surface area contributed by atoms with Gasteiger partial charge in [-0.05, 0) is 24.3 Å². The minimum absolute atomic E-state index is 0.129. The first-order valence-electron chi connectivity index (χ1n) is 8.09. The molecule has 0 atom stereocenters. The number of nitrogens with zero attached hydrogens (tertiary/aromatic N) is 1. The summed E-state index contributed by atoms with van der Waals surface area (Å²) in [4.78, 5) is 17.6. The van der Waals surface area contributed by atoms with E-state index in [1.54, 1.807) is 24.3 Å². The van der Waals surface area contributed by atoms with Gasteiger partial charge in [0.05, 0.1) is 29.2 Å². The van der Waals surface area contributed by atoms with Gasteiger partial charge < -0.3 is 19.9 Å². The molecular formula is C18H16N2O4S2. The minimum Gasteiger partial charge on any atom is -0.508 e. The van der Waals surface area contributed by atoms with Crippen molar-refractivity contribution >= 4 is 44.4 Å². The van der Waals surface area contributed by atoms with Crippen LogP contribution in [-0.4, -0.2) is 35.0 Å². The summed E-state index contributed by atoms with van der Waals surface area (Å²) in [6.45, 7) is 1.26. The fourth-order valence-corrected chi connectivity index (χ4v) is 4.08. The molecule has 6 nitrogen and oxygen atoms in total. The molecule has 1 aliphatic heterocycles. The van der Waals surface area contributed by atoms with Gasteiger partial charge in [-0.15, -0.1) is 11.8 Å². The van der Waals surface area contributed by atoms with E-state index in [0.717, 1.165) is 27.3 Å². The Bertz CT molecular complexity index is 897. The number of rotatable bonds is 4. The number of hydrogen-bond acceptors (Lipinski definition) is 7. The van der Waals surface area contributed by atoms with Crippen molar-refractivity contribution in [3.8, 4) is 17.2 Å². The first-order valence-corrected chi connectivity index (χ1v) is 9.89. The van der Waals surface area contributed by atoms with Crippen molar-refractivity contribution in [3.63, 3.8) is 0 Å². The number of thiazole rings is 1. The lowest BCUT2D eigenvalue weighted by atomic mass is 10.3. The summed E-state index contributed by atoms with van der Waals surface area (Å²) in [7, 11) is 0. The van der Waals surface area contributed by atoms with Crippen LogP contribution in [0.3, 0.4) is 0 Å². The molecule has 134 valence electrons. The van der Waals surface area contributed by atoms with E-state index in [2.05, 4.69) is 10.3 Å². The molecule has 26 heavy (non-hydrogen) atoms. The topological polar surface area (TPSA) is 80.7 Å². The summed E-state index contributed by atoms with van der Waals surface area (Å²) in [6.07, 6.45) is 0.857. The molecule has 1 aliphatic rings. The van der Waals surface area contributed by atoms with Gasteiger partial charge in [0.2, 0.25) is 5.91 Å². The molecule has 2 N–H and O–H groups in total. The molecular weight excluding hydrogens is 372 g/mol. The Hall–Kier alpha value is -2.45. The molecule has 1 amide bonds. The number of amides is 1. The van der Waals surface area contributed by atoms with Crippen molar-refractivity contribution in [1.82, 2.24) is 4.98 Å². The quantitative estimate of drug-likeness (QED) is 0.660. The van der Waals surface area contributed by atoms with E-state index in [0.29, 0.717) is 24.1 Å². The normalized spacial score (nSPS) is 13.4. The van der Waals surface area contributed by atoms with Crippen LogP contribution in [0.5, 0.6) is 17.2 Å². The molecule has 8 heteroatoms. The van der Waals surface area contributed by atoms with Crippen molar-refractivity contribution in [2.24, 2.45) is 0 Å². The van der Waals surface area contributed by atoms with Crippen LogP contribution >= 0.6 is 23.1 Å². The van der Waals surface area contributed by atoms with E-state index in [1.165, 1.54) is 23.1 Å². The van der Waals surface area contributed by atoms with Gasteiger partial charge >= 0.3 is 0 Å². The molecule has 0 unspecified atom stereocenters. The Morgan fingerprint density at radius 3 is 2.69 bits per heavy atom. The van der Waals surface area contributed by atoms with Gasteiger partial charge in [-0.25, -0.2) is 4.98 Å². The maximum atomic E-state index is 12.2. The number of fused-ring (bicyclic) bond motifs is 2. The predicted molar refractivity (Wildman–Crippen MR) is 103 cm³/mol. The number of nitrogens with one attached hydrogen (secondary N) is 1. The highest BCUT2D eigenvalue weighted by atomic mass is 32.2. The first-order chi connectivity index (χ1) is 12.7. The van der Waals surface area contributed by atoms with Gasteiger partial charge in [0, 0.05) is 23.4 Å². The number of benzene rings is 2. The molecule has 0 aliphatic carbocycles. The van der Waals surface area contributed by atoms with Gasteiger partial charge in [0.25, 0.3) is 0 Å². The van der Waals surface area contributed by atoms with Crippen LogP contribution in [-0.2, 0) is 4.79 Å². The number of aromatic hydroxyl groups is 1. The number of anilines is 1. The number of carbonyl (C=O) groups is 1. The van der Waals surface area contributed by atoms with Gasteiger partial charge in [0.15, 0.2) is 16.6 Å². The van der Waals surface area contributed by atoms with E-state index in [9.17, 15) is 9.90 Å².